The highest BCUT2D eigenvalue weighted by Crippen LogP contribution is 2.08. The highest BCUT2D eigenvalue weighted by atomic mass is 19.1. The number of rotatable bonds is 4. The number of nitrogens with one attached hydrogen (secondary N) is 1. The molecule has 0 fully saturated rings. The first kappa shape index (κ1) is 12.2. The van der Waals surface area contributed by atoms with Gasteiger partial charge in [-0.3, -0.25) is 9.59 Å². The number of anilines is 1. The molecule has 16 heavy (non-hydrogen) atoms. The zero-order chi connectivity index (χ0) is 12.0. The lowest BCUT2D eigenvalue weighted by Gasteiger charge is -2.04. The molecule has 0 atom stereocenters. The molecular formula is C11H12FNO3. The van der Waals surface area contributed by atoms with Crippen molar-refractivity contribution < 1.29 is 18.7 Å². The number of benzene rings is 1. The van der Waals surface area contributed by atoms with Crippen molar-refractivity contribution in [1.82, 2.24) is 0 Å². The van der Waals surface area contributed by atoms with E-state index in [2.05, 4.69) is 10.1 Å². The lowest BCUT2D eigenvalue weighted by molar-refractivity contribution is -0.141. The third-order valence-electron chi connectivity index (χ3n) is 1.91. The molecule has 0 radical (unpaired) electrons. The summed E-state index contributed by atoms with van der Waals surface area (Å²) < 4.78 is 16.9. The van der Waals surface area contributed by atoms with Crippen molar-refractivity contribution in [2.75, 3.05) is 12.4 Å². The van der Waals surface area contributed by atoms with Crippen LogP contribution in [0.4, 0.5) is 10.1 Å². The molecule has 0 spiro atoms. The van der Waals surface area contributed by atoms with E-state index >= 15 is 0 Å². The topological polar surface area (TPSA) is 55.4 Å². The first-order chi connectivity index (χ1) is 7.61. The highest BCUT2D eigenvalue weighted by Gasteiger charge is 2.06. The van der Waals surface area contributed by atoms with E-state index in [1.165, 1.54) is 31.4 Å². The molecule has 4 nitrogen and oxygen atoms in total. The fourth-order valence-electron chi connectivity index (χ4n) is 1.07. The Morgan fingerprint density at radius 3 is 2.44 bits per heavy atom. The molecule has 1 amide bonds. The van der Waals surface area contributed by atoms with Gasteiger partial charge in [0.15, 0.2) is 0 Å². The van der Waals surface area contributed by atoms with Crippen molar-refractivity contribution in [2.45, 2.75) is 12.8 Å². The molecule has 0 unspecified atom stereocenters. The van der Waals surface area contributed by atoms with E-state index in [1.807, 2.05) is 0 Å². The molecule has 0 aliphatic carbocycles. The summed E-state index contributed by atoms with van der Waals surface area (Å²) in [6, 6.07) is 5.39. The van der Waals surface area contributed by atoms with Gasteiger partial charge in [-0.2, -0.15) is 0 Å². The molecule has 0 heterocycles. The third kappa shape index (κ3) is 4.08. The van der Waals surface area contributed by atoms with Crippen LogP contribution >= 0.6 is 0 Å². The van der Waals surface area contributed by atoms with Crippen LogP contribution in [0.15, 0.2) is 24.3 Å². The number of halogens is 1. The second kappa shape index (κ2) is 5.85. The zero-order valence-corrected chi connectivity index (χ0v) is 8.83. The molecule has 0 saturated heterocycles. The zero-order valence-electron chi connectivity index (χ0n) is 8.83. The average Bonchev–Trinajstić information content (AvgIpc) is 2.29. The normalized spacial score (nSPS) is 9.62. The summed E-state index contributed by atoms with van der Waals surface area (Å²) in [6.45, 7) is 0. The Morgan fingerprint density at radius 1 is 1.25 bits per heavy atom. The van der Waals surface area contributed by atoms with Crippen LogP contribution in [0.2, 0.25) is 0 Å². The Morgan fingerprint density at radius 2 is 1.88 bits per heavy atom. The van der Waals surface area contributed by atoms with Crippen LogP contribution < -0.4 is 5.32 Å². The van der Waals surface area contributed by atoms with Crippen molar-refractivity contribution in [2.24, 2.45) is 0 Å². The SMILES string of the molecule is COC(=O)CCC(=O)Nc1ccc(F)cc1. The minimum absolute atomic E-state index is 0.0313. The van der Waals surface area contributed by atoms with Crippen LogP contribution in [0.1, 0.15) is 12.8 Å². The van der Waals surface area contributed by atoms with Gasteiger partial charge in [-0.25, -0.2) is 4.39 Å². The van der Waals surface area contributed by atoms with Crippen LogP contribution in [0.25, 0.3) is 0 Å². The van der Waals surface area contributed by atoms with E-state index in [0.29, 0.717) is 5.69 Å². The minimum Gasteiger partial charge on any atom is -0.469 e. The van der Waals surface area contributed by atoms with E-state index in [-0.39, 0.29) is 24.6 Å². The molecule has 0 aliphatic heterocycles. The molecule has 1 rings (SSSR count). The van der Waals surface area contributed by atoms with Gasteiger partial charge in [0.1, 0.15) is 5.82 Å². The van der Waals surface area contributed by atoms with Gasteiger partial charge in [-0.15, -0.1) is 0 Å². The van der Waals surface area contributed by atoms with E-state index in [4.69, 9.17) is 0 Å². The van der Waals surface area contributed by atoms with E-state index in [0.717, 1.165) is 0 Å². The van der Waals surface area contributed by atoms with Gasteiger partial charge in [-0.1, -0.05) is 0 Å². The number of esters is 1. The number of hydrogen-bond acceptors (Lipinski definition) is 3. The fraction of sp³-hybridized carbons (Fsp3) is 0.273. The lowest BCUT2D eigenvalue weighted by atomic mass is 10.2. The van der Waals surface area contributed by atoms with Crippen molar-refractivity contribution in [1.29, 1.82) is 0 Å². The Hall–Kier alpha value is -1.91. The average molecular weight is 225 g/mol. The molecule has 5 heteroatoms. The highest BCUT2D eigenvalue weighted by molar-refractivity contribution is 5.92. The van der Waals surface area contributed by atoms with Crippen LogP contribution in [0.3, 0.4) is 0 Å². The standard InChI is InChI=1S/C11H12FNO3/c1-16-11(15)7-6-10(14)13-9-4-2-8(12)3-5-9/h2-5H,6-7H2,1H3,(H,13,14). The summed E-state index contributed by atoms with van der Waals surface area (Å²) in [6.07, 6.45) is 0.0770. The van der Waals surface area contributed by atoms with E-state index < -0.39 is 5.97 Å². The van der Waals surface area contributed by atoms with Gasteiger partial charge < -0.3 is 10.1 Å². The second-order valence-electron chi connectivity index (χ2n) is 3.13. The maximum atomic E-state index is 12.5. The molecule has 1 aromatic carbocycles. The largest absolute Gasteiger partial charge is 0.469 e. The number of amides is 1. The maximum Gasteiger partial charge on any atom is 0.306 e. The molecule has 1 aromatic rings. The van der Waals surface area contributed by atoms with Crippen molar-refractivity contribution in [3.8, 4) is 0 Å². The van der Waals surface area contributed by atoms with E-state index in [1.54, 1.807) is 0 Å². The van der Waals surface area contributed by atoms with Crippen molar-refractivity contribution >= 4 is 17.6 Å². The predicted octanol–water partition coefficient (Wildman–Crippen LogP) is 1.72. The van der Waals surface area contributed by atoms with Gasteiger partial charge in [0.2, 0.25) is 5.91 Å². The van der Waals surface area contributed by atoms with Gasteiger partial charge in [0.25, 0.3) is 0 Å². The number of carbonyl (C=O) groups excluding carboxylic acids is 2. The van der Waals surface area contributed by atoms with Crippen LogP contribution in [0, 0.1) is 5.82 Å². The molecule has 0 saturated carbocycles. The van der Waals surface area contributed by atoms with Crippen molar-refractivity contribution in [3.05, 3.63) is 30.1 Å². The first-order valence-corrected chi connectivity index (χ1v) is 4.74. The smallest absolute Gasteiger partial charge is 0.306 e. The molecule has 86 valence electrons. The summed E-state index contributed by atoms with van der Waals surface area (Å²) in [5.74, 6) is -1.11. The Balaban J connectivity index is 2.40. The van der Waals surface area contributed by atoms with Gasteiger partial charge in [0.05, 0.1) is 13.5 Å². The Bertz CT molecular complexity index is 375. The van der Waals surface area contributed by atoms with Crippen LogP contribution in [-0.2, 0) is 14.3 Å². The second-order valence-corrected chi connectivity index (χ2v) is 3.13. The number of ether oxygens (including phenoxy) is 1. The molecule has 0 aromatic heterocycles. The Labute approximate surface area is 92.4 Å². The summed E-state index contributed by atoms with van der Waals surface area (Å²) in [5, 5.41) is 2.54. The number of methoxy groups -OCH3 is 1. The van der Waals surface area contributed by atoms with Crippen LogP contribution in [0.5, 0.6) is 0 Å². The first-order valence-electron chi connectivity index (χ1n) is 4.74. The Kier molecular flexibility index (Phi) is 4.44. The maximum absolute atomic E-state index is 12.5. The van der Waals surface area contributed by atoms with Gasteiger partial charge in [0, 0.05) is 12.1 Å². The predicted molar refractivity (Wildman–Crippen MR) is 56.3 cm³/mol. The number of hydrogen-bond donors (Lipinski definition) is 1. The summed E-state index contributed by atoms with van der Waals surface area (Å²) in [7, 11) is 1.26. The van der Waals surface area contributed by atoms with Crippen molar-refractivity contribution in [3.63, 3.8) is 0 Å². The summed E-state index contributed by atoms with van der Waals surface area (Å²) >= 11 is 0. The van der Waals surface area contributed by atoms with Gasteiger partial charge >= 0.3 is 5.97 Å². The quantitative estimate of drug-likeness (QED) is 0.794. The lowest BCUT2D eigenvalue weighted by Crippen LogP contribution is -2.13. The monoisotopic (exact) mass is 225 g/mol. The third-order valence-corrected chi connectivity index (χ3v) is 1.91. The number of carbonyl (C=O) groups is 2. The molecular weight excluding hydrogens is 213 g/mol. The van der Waals surface area contributed by atoms with Gasteiger partial charge in [-0.05, 0) is 24.3 Å². The van der Waals surface area contributed by atoms with E-state index in [9.17, 15) is 14.0 Å². The molecule has 0 aliphatic rings. The fourth-order valence-corrected chi connectivity index (χ4v) is 1.07. The minimum atomic E-state index is -0.436. The summed E-state index contributed by atoms with van der Waals surface area (Å²) in [5.41, 5.74) is 0.497. The van der Waals surface area contributed by atoms with Crippen LogP contribution in [-0.4, -0.2) is 19.0 Å². The molecule has 1 N–H and O–H groups in total. The molecule has 0 bridgehead atoms. The summed E-state index contributed by atoms with van der Waals surface area (Å²) in [4.78, 5) is 22.1.